The molecule has 0 bridgehead atoms. The van der Waals surface area contributed by atoms with Crippen molar-refractivity contribution in [3.8, 4) is 0 Å². The van der Waals surface area contributed by atoms with Crippen molar-refractivity contribution < 1.29 is 0 Å². The van der Waals surface area contributed by atoms with Gasteiger partial charge in [0, 0.05) is 26.2 Å². The van der Waals surface area contributed by atoms with Crippen molar-refractivity contribution in [2.24, 2.45) is 5.92 Å². The van der Waals surface area contributed by atoms with Gasteiger partial charge in [-0.25, -0.2) is 0 Å². The van der Waals surface area contributed by atoms with Crippen LogP contribution in [0.3, 0.4) is 0 Å². The van der Waals surface area contributed by atoms with E-state index in [0.717, 1.165) is 5.92 Å². The first-order valence-corrected chi connectivity index (χ1v) is 4.77. The molecule has 0 fully saturated rings. The molecular formula is C10H22Bi. The fourth-order valence-electron chi connectivity index (χ4n) is 1.16. The van der Waals surface area contributed by atoms with Gasteiger partial charge in [-0.2, -0.15) is 0 Å². The van der Waals surface area contributed by atoms with Crippen molar-refractivity contribution in [2.75, 3.05) is 0 Å². The summed E-state index contributed by atoms with van der Waals surface area (Å²) in [6, 6.07) is 0. The zero-order valence-electron chi connectivity index (χ0n) is 8.27. The van der Waals surface area contributed by atoms with Crippen LogP contribution in [0.2, 0.25) is 0 Å². The van der Waals surface area contributed by atoms with E-state index in [1.165, 1.54) is 38.5 Å². The molecule has 0 N–H and O–H groups in total. The molecule has 11 heavy (non-hydrogen) atoms. The fraction of sp³-hybridized carbons (Fsp3) is 1.00. The van der Waals surface area contributed by atoms with Crippen LogP contribution < -0.4 is 0 Å². The number of unbranched alkanes of at least 4 members (excludes halogenated alkanes) is 4. The van der Waals surface area contributed by atoms with E-state index in [4.69, 9.17) is 0 Å². The second-order valence-corrected chi connectivity index (χ2v) is 3.60. The summed E-state index contributed by atoms with van der Waals surface area (Å²) in [5.74, 6) is 0.904. The predicted octanol–water partition coefficient (Wildman–Crippen LogP) is 3.62. The molecule has 0 aromatic carbocycles. The molecule has 0 aromatic rings. The van der Waals surface area contributed by atoms with Crippen molar-refractivity contribution in [3.63, 3.8) is 0 Å². The summed E-state index contributed by atoms with van der Waals surface area (Å²) in [7, 11) is 0. The molecule has 0 aliphatic heterocycles. The van der Waals surface area contributed by atoms with Crippen LogP contribution >= 0.6 is 0 Å². The number of rotatable bonds is 6. The molecule has 0 aliphatic carbocycles. The van der Waals surface area contributed by atoms with Crippen LogP contribution in [-0.4, -0.2) is 26.2 Å². The number of hydrogen-bond acceptors (Lipinski definition) is 0. The van der Waals surface area contributed by atoms with E-state index in [1.807, 2.05) is 0 Å². The predicted molar refractivity (Wildman–Crippen MR) is 54.0 cm³/mol. The molecule has 0 heterocycles. The summed E-state index contributed by atoms with van der Waals surface area (Å²) in [5, 5.41) is 0. The summed E-state index contributed by atoms with van der Waals surface area (Å²) in [4.78, 5) is 0. The largest absolute Gasteiger partial charge is 0.0654 e. The second-order valence-electron chi connectivity index (χ2n) is 3.60. The van der Waals surface area contributed by atoms with E-state index in [0.29, 0.717) is 0 Å². The van der Waals surface area contributed by atoms with E-state index in [-0.39, 0.29) is 26.2 Å². The Kier molecular flexibility index (Phi) is 14.3. The fourth-order valence-corrected chi connectivity index (χ4v) is 1.16. The van der Waals surface area contributed by atoms with Crippen molar-refractivity contribution in [2.45, 2.75) is 59.3 Å². The molecule has 0 saturated heterocycles. The van der Waals surface area contributed by atoms with Crippen LogP contribution in [0.1, 0.15) is 59.3 Å². The smallest absolute Gasteiger partial charge is 0 e. The Morgan fingerprint density at radius 3 is 1.91 bits per heavy atom. The summed E-state index contributed by atoms with van der Waals surface area (Å²) >= 11 is 0. The molecule has 0 amide bonds. The van der Waals surface area contributed by atoms with Gasteiger partial charge in [-0.15, -0.1) is 0 Å². The van der Waals surface area contributed by atoms with Crippen molar-refractivity contribution in [3.05, 3.63) is 0 Å². The van der Waals surface area contributed by atoms with Crippen LogP contribution in [-0.2, 0) is 0 Å². The second kappa shape index (κ2) is 10.9. The van der Waals surface area contributed by atoms with Crippen LogP contribution in [0.15, 0.2) is 0 Å². The molecule has 0 nitrogen and oxygen atoms in total. The van der Waals surface area contributed by atoms with Crippen LogP contribution in [0.4, 0.5) is 0 Å². The summed E-state index contributed by atoms with van der Waals surface area (Å²) in [6.45, 7) is 6.88. The van der Waals surface area contributed by atoms with E-state index in [9.17, 15) is 0 Å². The van der Waals surface area contributed by atoms with E-state index in [2.05, 4.69) is 20.8 Å². The van der Waals surface area contributed by atoms with E-state index >= 15 is 0 Å². The third-order valence-electron chi connectivity index (χ3n) is 1.89. The molecule has 0 atom stereocenters. The van der Waals surface area contributed by atoms with Crippen molar-refractivity contribution in [1.29, 1.82) is 0 Å². The summed E-state index contributed by atoms with van der Waals surface area (Å²) in [5.41, 5.74) is 0. The van der Waals surface area contributed by atoms with Gasteiger partial charge in [0.1, 0.15) is 0 Å². The van der Waals surface area contributed by atoms with Gasteiger partial charge in [-0.3, -0.25) is 0 Å². The van der Waals surface area contributed by atoms with Crippen LogP contribution in [0.25, 0.3) is 0 Å². The first-order chi connectivity index (χ1) is 4.77. The van der Waals surface area contributed by atoms with Gasteiger partial charge in [-0.1, -0.05) is 59.3 Å². The minimum Gasteiger partial charge on any atom is -0.0654 e. The van der Waals surface area contributed by atoms with Crippen molar-refractivity contribution in [1.82, 2.24) is 0 Å². The van der Waals surface area contributed by atoms with Gasteiger partial charge in [0.25, 0.3) is 0 Å². The van der Waals surface area contributed by atoms with Gasteiger partial charge in [0.15, 0.2) is 0 Å². The molecule has 3 radical (unpaired) electrons. The Morgan fingerprint density at radius 2 is 1.45 bits per heavy atom. The maximum Gasteiger partial charge on any atom is 0 e. The Labute approximate surface area is 91.3 Å². The molecule has 0 aromatic heterocycles. The van der Waals surface area contributed by atoms with Gasteiger partial charge < -0.3 is 0 Å². The minimum absolute atomic E-state index is 0. The standard InChI is InChI=1S/C10H22.Bi/c1-4-5-6-7-8-9-10(2)3;/h10H,4-9H2,1-3H3;. The van der Waals surface area contributed by atoms with Gasteiger partial charge in [0.05, 0.1) is 0 Å². The first kappa shape index (κ1) is 14.4. The van der Waals surface area contributed by atoms with Crippen LogP contribution in [0, 0.1) is 5.92 Å². The molecule has 0 aliphatic rings. The maximum atomic E-state index is 2.31. The zero-order valence-corrected chi connectivity index (χ0v) is 11.7. The van der Waals surface area contributed by atoms with Gasteiger partial charge in [0.2, 0.25) is 0 Å². The summed E-state index contributed by atoms with van der Waals surface area (Å²) in [6.07, 6.45) is 8.55. The third-order valence-corrected chi connectivity index (χ3v) is 1.89. The SMILES string of the molecule is CCCCCCCC(C)C.[Bi]. The van der Waals surface area contributed by atoms with E-state index < -0.39 is 0 Å². The van der Waals surface area contributed by atoms with Crippen molar-refractivity contribution >= 4 is 26.2 Å². The number of hydrogen-bond donors (Lipinski definition) is 0. The molecular weight excluding hydrogens is 329 g/mol. The Bertz CT molecular complexity index is 59.9. The first-order valence-electron chi connectivity index (χ1n) is 4.77. The van der Waals surface area contributed by atoms with Gasteiger partial charge in [-0.05, 0) is 5.92 Å². The molecule has 0 rings (SSSR count). The Morgan fingerprint density at radius 1 is 0.909 bits per heavy atom. The normalized spacial score (nSPS) is 9.82. The monoisotopic (exact) mass is 351 g/mol. The Balaban J connectivity index is 0. The van der Waals surface area contributed by atoms with E-state index in [1.54, 1.807) is 0 Å². The average molecular weight is 351 g/mol. The zero-order chi connectivity index (χ0) is 7.82. The average Bonchev–Trinajstić information content (AvgIpc) is 1.87. The Hall–Kier alpha value is 0.883. The quantitative estimate of drug-likeness (QED) is 0.507. The molecule has 0 unspecified atom stereocenters. The third kappa shape index (κ3) is 13.8. The maximum absolute atomic E-state index is 2.31. The molecule has 1 heteroatoms. The summed E-state index contributed by atoms with van der Waals surface area (Å²) < 4.78 is 0. The molecule has 0 saturated carbocycles. The minimum atomic E-state index is 0. The van der Waals surface area contributed by atoms with Crippen LogP contribution in [0.5, 0.6) is 0 Å². The molecule has 0 spiro atoms. The van der Waals surface area contributed by atoms with Gasteiger partial charge >= 0.3 is 0 Å². The molecule has 67 valence electrons. The topological polar surface area (TPSA) is 0 Å².